The molecule has 1 aliphatic heterocycles. The first kappa shape index (κ1) is 14.0. The topological polar surface area (TPSA) is 50.2 Å². The fourth-order valence-electron chi connectivity index (χ4n) is 3.07. The number of thiophene rings is 1. The van der Waals surface area contributed by atoms with Gasteiger partial charge < -0.3 is 5.32 Å². The highest BCUT2D eigenvalue weighted by Crippen LogP contribution is 2.32. The van der Waals surface area contributed by atoms with Gasteiger partial charge in [0.05, 0.1) is 12.2 Å². The normalized spacial score (nSPS) is 21.5. The van der Waals surface area contributed by atoms with Crippen molar-refractivity contribution in [3.63, 3.8) is 0 Å². The number of aromatic nitrogens is 2. The van der Waals surface area contributed by atoms with Crippen LogP contribution in [0.5, 0.6) is 0 Å². The van der Waals surface area contributed by atoms with Gasteiger partial charge in [0.25, 0.3) is 0 Å². The summed E-state index contributed by atoms with van der Waals surface area (Å²) in [6.45, 7) is 3.39. The maximum Gasteiger partial charge on any atom is 0.246 e. The second kappa shape index (κ2) is 5.85. The Balaban J connectivity index is 1.45. The Labute approximate surface area is 133 Å². The van der Waals surface area contributed by atoms with Crippen molar-refractivity contribution in [3.05, 3.63) is 40.3 Å². The Kier molecular flexibility index (Phi) is 3.72. The summed E-state index contributed by atoms with van der Waals surface area (Å²) in [4.78, 5) is 16.2. The van der Waals surface area contributed by atoms with Crippen LogP contribution in [-0.2, 0) is 17.9 Å². The molecule has 22 heavy (non-hydrogen) atoms. The number of rotatable bonds is 5. The maximum absolute atomic E-state index is 12.6. The highest BCUT2D eigenvalue weighted by Gasteiger charge is 2.33. The van der Waals surface area contributed by atoms with E-state index in [0.29, 0.717) is 6.54 Å². The largest absolute Gasteiger partial charge is 0.349 e. The van der Waals surface area contributed by atoms with Gasteiger partial charge in [-0.15, -0.1) is 11.3 Å². The molecule has 2 aromatic rings. The highest BCUT2D eigenvalue weighted by molar-refractivity contribution is 7.09. The first-order valence-electron chi connectivity index (χ1n) is 7.84. The molecule has 1 aliphatic carbocycles. The lowest BCUT2D eigenvalue weighted by Crippen LogP contribution is -2.45. The van der Waals surface area contributed by atoms with Crippen LogP contribution in [0.25, 0.3) is 0 Å². The number of fused-ring (bicyclic) bond motifs is 1. The van der Waals surface area contributed by atoms with Gasteiger partial charge in [-0.05, 0) is 36.3 Å². The molecule has 0 aromatic carbocycles. The third-order valence-electron chi connectivity index (χ3n) is 4.40. The average molecular weight is 316 g/mol. The minimum absolute atomic E-state index is 0.0684. The van der Waals surface area contributed by atoms with Crippen molar-refractivity contribution in [2.45, 2.75) is 32.0 Å². The van der Waals surface area contributed by atoms with Crippen molar-refractivity contribution in [2.24, 2.45) is 5.92 Å². The molecular formula is C16H20N4OS. The van der Waals surface area contributed by atoms with E-state index in [9.17, 15) is 4.79 Å². The summed E-state index contributed by atoms with van der Waals surface area (Å²) in [5, 5.41) is 9.46. The molecule has 0 saturated heterocycles. The predicted octanol–water partition coefficient (Wildman–Crippen LogP) is 2.03. The molecule has 0 radical (unpaired) electrons. The molecule has 1 fully saturated rings. The van der Waals surface area contributed by atoms with Crippen LogP contribution in [0.2, 0.25) is 0 Å². The lowest BCUT2D eigenvalue weighted by atomic mass is 10.1. The SMILES string of the molecule is O=C(NCc1cccs1)[C@@H]1CN(CC2CC2)Cc2ccnn21. The molecular weight excluding hydrogens is 296 g/mol. The Morgan fingerprint density at radius 3 is 3.09 bits per heavy atom. The monoisotopic (exact) mass is 316 g/mol. The number of amides is 1. The van der Waals surface area contributed by atoms with Crippen LogP contribution < -0.4 is 5.32 Å². The van der Waals surface area contributed by atoms with Crippen LogP contribution in [0.3, 0.4) is 0 Å². The first-order chi connectivity index (χ1) is 10.8. The van der Waals surface area contributed by atoms with Gasteiger partial charge in [-0.1, -0.05) is 6.07 Å². The molecule has 1 atom stereocenters. The smallest absolute Gasteiger partial charge is 0.246 e. The minimum Gasteiger partial charge on any atom is -0.349 e. The van der Waals surface area contributed by atoms with Gasteiger partial charge in [0.1, 0.15) is 6.04 Å². The van der Waals surface area contributed by atoms with Crippen molar-refractivity contribution in [1.82, 2.24) is 20.0 Å². The Hall–Kier alpha value is -1.66. The number of nitrogens with one attached hydrogen (secondary N) is 1. The molecule has 1 N–H and O–H groups in total. The van der Waals surface area contributed by atoms with E-state index in [1.54, 1.807) is 17.5 Å². The zero-order valence-corrected chi connectivity index (χ0v) is 13.3. The molecule has 4 rings (SSSR count). The van der Waals surface area contributed by atoms with Crippen molar-refractivity contribution in [1.29, 1.82) is 0 Å². The Morgan fingerprint density at radius 2 is 2.32 bits per heavy atom. The summed E-state index contributed by atoms with van der Waals surface area (Å²) in [6.07, 6.45) is 4.48. The predicted molar refractivity (Wildman–Crippen MR) is 85.4 cm³/mol. The van der Waals surface area contributed by atoms with Crippen LogP contribution in [0.4, 0.5) is 0 Å². The van der Waals surface area contributed by atoms with Crippen LogP contribution in [0, 0.1) is 5.92 Å². The number of carbonyl (C=O) groups excluding carboxylic acids is 1. The van der Waals surface area contributed by atoms with Crippen LogP contribution >= 0.6 is 11.3 Å². The summed E-state index contributed by atoms with van der Waals surface area (Å²) >= 11 is 1.67. The van der Waals surface area contributed by atoms with E-state index >= 15 is 0 Å². The van der Waals surface area contributed by atoms with Crippen molar-refractivity contribution in [2.75, 3.05) is 13.1 Å². The molecule has 3 heterocycles. The lowest BCUT2D eigenvalue weighted by molar-refractivity contribution is -0.126. The molecule has 2 aromatic heterocycles. The molecule has 5 nitrogen and oxygen atoms in total. The van der Waals surface area contributed by atoms with E-state index in [2.05, 4.69) is 15.3 Å². The molecule has 6 heteroatoms. The number of hydrogen-bond acceptors (Lipinski definition) is 4. The molecule has 1 saturated carbocycles. The second-order valence-corrected chi connectivity index (χ2v) is 7.25. The van der Waals surface area contributed by atoms with Crippen LogP contribution in [-0.4, -0.2) is 33.7 Å². The van der Waals surface area contributed by atoms with E-state index in [1.807, 2.05) is 28.3 Å². The molecule has 0 spiro atoms. The average Bonchev–Trinajstić information content (AvgIpc) is 3.02. The minimum atomic E-state index is -0.211. The van der Waals surface area contributed by atoms with Gasteiger partial charge >= 0.3 is 0 Å². The summed E-state index contributed by atoms with van der Waals surface area (Å²) < 4.78 is 1.90. The molecule has 116 valence electrons. The summed E-state index contributed by atoms with van der Waals surface area (Å²) in [7, 11) is 0. The van der Waals surface area contributed by atoms with Crippen molar-refractivity contribution in [3.8, 4) is 0 Å². The number of hydrogen-bond donors (Lipinski definition) is 1. The molecule has 1 amide bonds. The van der Waals surface area contributed by atoms with E-state index in [-0.39, 0.29) is 11.9 Å². The number of carbonyl (C=O) groups is 1. The molecule has 2 aliphatic rings. The maximum atomic E-state index is 12.6. The van der Waals surface area contributed by atoms with Gasteiger partial charge in [0.15, 0.2) is 0 Å². The fourth-order valence-corrected chi connectivity index (χ4v) is 3.71. The van der Waals surface area contributed by atoms with Crippen molar-refractivity contribution >= 4 is 17.2 Å². The third-order valence-corrected chi connectivity index (χ3v) is 5.27. The van der Waals surface area contributed by atoms with E-state index in [4.69, 9.17) is 0 Å². The van der Waals surface area contributed by atoms with Gasteiger partial charge in [0, 0.05) is 30.7 Å². The fraction of sp³-hybridized carbons (Fsp3) is 0.500. The summed E-state index contributed by atoms with van der Waals surface area (Å²) in [5.41, 5.74) is 1.14. The van der Waals surface area contributed by atoms with Gasteiger partial charge in [0.2, 0.25) is 5.91 Å². The van der Waals surface area contributed by atoms with E-state index in [1.165, 1.54) is 17.7 Å². The Bertz CT molecular complexity index is 647. The third kappa shape index (κ3) is 2.94. The summed E-state index contributed by atoms with van der Waals surface area (Å²) in [6, 6.07) is 5.87. The zero-order valence-electron chi connectivity index (χ0n) is 12.4. The van der Waals surface area contributed by atoms with Gasteiger partial charge in [-0.3, -0.25) is 14.4 Å². The lowest BCUT2D eigenvalue weighted by Gasteiger charge is -2.33. The molecule has 0 bridgehead atoms. The van der Waals surface area contributed by atoms with Crippen molar-refractivity contribution < 1.29 is 4.79 Å². The Morgan fingerprint density at radius 1 is 1.41 bits per heavy atom. The van der Waals surface area contributed by atoms with E-state index in [0.717, 1.165) is 31.2 Å². The second-order valence-electron chi connectivity index (χ2n) is 6.22. The zero-order chi connectivity index (χ0) is 14.9. The molecule has 0 unspecified atom stereocenters. The standard InChI is InChI=1S/C16H20N4OS/c21-16(17-8-14-2-1-7-22-14)15-11-19(9-12-3-4-12)10-13-5-6-18-20(13)15/h1-2,5-7,12,15H,3-4,8-11H2,(H,17,21)/t15-/m0/s1. The van der Waals surface area contributed by atoms with Crippen LogP contribution in [0.1, 0.15) is 29.5 Å². The van der Waals surface area contributed by atoms with Crippen LogP contribution in [0.15, 0.2) is 29.8 Å². The summed E-state index contributed by atoms with van der Waals surface area (Å²) in [5.74, 6) is 0.906. The van der Waals surface area contributed by atoms with E-state index < -0.39 is 0 Å². The van der Waals surface area contributed by atoms with Gasteiger partial charge in [-0.25, -0.2) is 0 Å². The highest BCUT2D eigenvalue weighted by atomic mass is 32.1. The van der Waals surface area contributed by atoms with Gasteiger partial charge in [-0.2, -0.15) is 5.10 Å². The number of nitrogens with zero attached hydrogens (tertiary/aromatic N) is 3. The first-order valence-corrected chi connectivity index (χ1v) is 8.72. The quantitative estimate of drug-likeness (QED) is 0.918.